The van der Waals surface area contributed by atoms with E-state index in [0.29, 0.717) is 15.7 Å². The number of hydrogen-bond donors (Lipinski definition) is 1. The van der Waals surface area contributed by atoms with Crippen molar-refractivity contribution in [3.8, 4) is 0 Å². The lowest BCUT2D eigenvalue weighted by Gasteiger charge is -2.02. The van der Waals surface area contributed by atoms with E-state index in [2.05, 4.69) is 10.5 Å². The van der Waals surface area contributed by atoms with Crippen molar-refractivity contribution in [1.82, 2.24) is 0 Å². The van der Waals surface area contributed by atoms with Crippen LogP contribution in [0.4, 0.5) is 5.69 Å². The highest BCUT2D eigenvalue weighted by Crippen LogP contribution is 2.24. The Morgan fingerprint density at radius 2 is 2.00 bits per heavy atom. The Balaban J connectivity index is 2.78. The summed E-state index contributed by atoms with van der Waals surface area (Å²) >= 11 is 17.0. The molecule has 0 aliphatic rings. The van der Waals surface area contributed by atoms with Gasteiger partial charge in [0.05, 0.1) is 15.7 Å². The van der Waals surface area contributed by atoms with Gasteiger partial charge in [-0.1, -0.05) is 34.8 Å². The van der Waals surface area contributed by atoms with Crippen LogP contribution in [-0.4, -0.2) is 11.0 Å². The highest BCUT2D eigenvalue weighted by Gasteiger charge is 2.01. The molecule has 0 atom stereocenters. The van der Waals surface area contributed by atoms with Crippen molar-refractivity contribution in [2.45, 2.75) is 6.92 Å². The van der Waals surface area contributed by atoms with Gasteiger partial charge in [-0.25, -0.2) is 0 Å². The molecule has 0 unspecified atom stereocenters. The summed E-state index contributed by atoms with van der Waals surface area (Å²) in [6.07, 6.45) is 0. The predicted molar refractivity (Wildman–Crippen MR) is 64.1 cm³/mol. The fourth-order valence-corrected chi connectivity index (χ4v) is 1.10. The van der Waals surface area contributed by atoms with E-state index in [1.54, 1.807) is 18.2 Å². The second kappa shape index (κ2) is 5.35. The summed E-state index contributed by atoms with van der Waals surface area (Å²) in [6.45, 7) is 1.32. The lowest BCUT2D eigenvalue weighted by Crippen LogP contribution is -2.04. The number of hydrazone groups is 1. The normalized spacial score (nSPS) is 11.3. The lowest BCUT2D eigenvalue weighted by atomic mass is 10.3. The number of carbonyl (C=O) groups excluding carboxylic acids is 1. The Morgan fingerprint density at radius 1 is 1.33 bits per heavy atom. The topological polar surface area (TPSA) is 41.5 Å². The maximum absolute atomic E-state index is 10.7. The SMILES string of the molecule is CC(=O)C(Cl)=NNc1ccc(Cl)c(Cl)c1. The average Bonchev–Trinajstić information content (AvgIpc) is 2.19. The quantitative estimate of drug-likeness (QED) is 0.671. The van der Waals surface area contributed by atoms with Crippen LogP contribution in [0.5, 0.6) is 0 Å². The van der Waals surface area contributed by atoms with Gasteiger partial charge in [0, 0.05) is 6.92 Å². The molecule has 0 radical (unpaired) electrons. The minimum Gasteiger partial charge on any atom is -0.292 e. The van der Waals surface area contributed by atoms with Crippen molar-refractivity contribution in [3.05, 3.63) is 28.2 Å². The van der Waals surface area contributed by atoms with Gasteiger partial charge in [0.25, 0.3) is 0 Å². The Labute approximate surface area is 102 Å². The van der Waals surface area contributed by atoms with Crippen molar-refractivity contribution in [2.75, 3.05) is 5.43 Å². The van der Waals surface area contributed by atoms with Gasteiger partial charge in [-0.2, -0.15) is 5.10 Å². The number of rotatable bonds is 3. The molecule has 0 aromatic heterocycles. The lowest BCUT2D eigenvalue weighted by molar-refractivity contribution is -0.110. The first-order valence-electron chi connectivity index (χ1n) is 3.96. The van der Waals surface area contributed by atoms with E-state index in [-0.39, 0.29) is 11.0 Å². The van der Waals surface area contributed by atoms with Crippen molar-refractivity contribution >= 4 is 51.4 Å². The largest absolute Gasteiger partial charge is 0.292 e. The molecule has 0 aliphatic carbocycles. The van der Waals surface area contributed by atoms with Gasteiger partial charge in [-0.05, 0) is 18.2 Å². The fourth-order valence-electron chi connectivity index (χ4n) is 0.758. The zero-order chi connectivity index (χ0) is 11.4. The van der Waals surface area contributed by atoms with Crippen molar-refractivity contribution in [1.29, 1.82) is 0 Å². The van der Waals surface area contributed by atoms with E-state index in [0.717, 1.165) is 0 Å². The first-order valence-corrected chi connectivity index (χ1v) is 5.09. The Morgan fingerprint density at radius 3 is 2.53 bits per heavy atom. The number of ketones is 1. The van der Waals surface area contributed by atoms with Crippen LogP contribution in [-0.2, 0) is 4.79 Å². The molecule has 0 aliphatic heterocycles. The van der Waals surface area contributed by atoms with Crippen LogP contribution in [0.3, 0.4) is 0 Å². The highest BCUT2D eigenvalue weighted by molar-refractivity contribution is 6.82. The van der Waals surface area contributed by atoms with Crippen LogP contribution in [0.25, 0.3) is 0 Å². The van der Waals surface area contributed by atoms with Crippen molar-refractivity contribution in [3.63, 3.8) is 0 Å². The van der Waals surface area contributed by atoms with Crippen LogP contribution in [0.15, 0.2) is 23.3 Å². The standard InChI is InChI=1S/C9H7Cl3N2O/c1-5(15)9(12)14-13-6-2-3-7(10)8(11)4-6/h2-4,13H,1H3. The molecule has 0 bridgehead atoms. The summed E-state index contributed by atoms with van der Waals surface area (Å²) in [5.74, 6) is -0.316. The molecule has 0 spiro atoms. The smallest absolute Gasteiger partial charge is 0.191 e. The minimum atomic E-state index is -0.316. The Kier molecular flexibility index (Phi) is 4.39. The molecule has 1 rings (SSSR count). The van der Waals surface area contributed by atoms with Crippen molar-refractivity contribution < 1.29 is 4.79 Å². The van der Waals surface area contributed by atoms with E-state index in [1.807, 2.05) is 0 Å². The van der Waals surface area contributed by atoms with Crippen LogP contribution >= 0.6 is 34.8 Å². The van der Waals surface area contributed by atoms with E-state index in [9.17, 15) is 4.79 Å². The number of anilines is 1. The number of Topliss-reactive ketones (excluding diaryl/α,β-unsaturated/α-hetero) is 1. The summed E-state index contributed by atoms with van der Waals surface area (Å²) in [6, 6.07) is 4.86. The van der Waals surface area contributed by atoms with Crippen LogP contribution < -0.4 is 5.43 Å². The molecule has 80 valence electrons. The van der Waals surface area contributed by atoms with Crippen LogP contribution in [0, 0.1) is 0 Å². The average molecular weight is 266 g/mol. The summed E-state index contributed by atoms with van der Waals surface area (Å²) in [4.78, 5) is 10.7. The fraction of sp³-hybridized carbons (Fsp3) is 0.111. The van der Waals surface area contributed by atoms with Gasteiger partial charge in [-0.15, -0.1) is 0 Å². The van der Waals surface area contributed by atoms with Crippen LogP contribution in [0.1, 0.15) is 6.92 Å². The third-order valence-corrected chi connectivity index (χ3v) is 2.58. The van der Waals surface area contributed by atoms with Gasteiger partial charge < -0.3 is 0 Å². The molecular weight excluding hydrogens is 258 g/mol. The van der Waals surface area contributed by atoms with E-state index >= 15 is 0 Å². The third kappa shape index (κ3) is 3.70. The monoisotopic (exact) mass is 264 g/mol. The maximum Gasteiger partial charge on any atom is 0.191 e. The molecule has 0 heterocycles. The number of halogens is 3. The van der Waals surface area contributed by atoms with Gasteiger partial charge in [-0.3, -0.25) is 10.2 Å². The van der Waals surface area contributed by atoms with E-state index in [1.165, 1.54) is 6.92 Å². The van der Waals surface area contributed by atoms with Crippen LogP contribution in [0.2, 0.25) is 10.0 Å². The summed E-state index contributed by atoms with van der Waals surface area (Å²) < 4.78 is 0. The number of hydrogen-bond acceptors (Lipinski definition) is 3. The molecule has 1 N–H and O–H groups in total. The van der Waals surface area contributed by atoms with Crippen molar-refractivity contribution in [2.24, 2.45) is 5.10 Å². The molecule has 6 heteroatoms. The number of nitrogens with one attached hydrogen (secondary N) is 1. The molecule has 1 aromatic rings. The number of benzene rings is 1. The summed E-state index contributed by atoms with van der Waals surface area (Å²) in [5.41, 5.74) is 3.19. The molecule has 0 amide bonds. The third-order valence-electron chi connectivity index (χ3n) is 1.49. The highest BCUT2D eigenvalue weighted by atomic mass is 35.5. The summed E-state index contributed by atoms with van der Waals surface area (Å²) in [5, 5.41) is 4.37. The zero-order valence-corrected chi connectivity index (χ0v) is 9.99. The Hall–Kier alpha value is -0.770. The maximum atomic E-state index is 10.7. The molecule has 0 saturated carbocycles. The first-order chi connectivity index (χ1) is 7.00. The first kappa shape index (κ1) is 12.3. The molecule has 3 nitrogen and oxygen atoms in total. The molecular formula is C9H7Cl3N2O. The second-order valence-corrected chi connectivity index (χ2v) is 3.87. The van der Waals surface area contributed by atoms with E-state index < -0.39 is 0 Å². The molecule has 0 saturated heterocycles. The van der Waals surface area contributed by atoms with Gasteiger partial charge >= 0.3 is 0 Å². The van der Waals surface area contributed by atoms with Gasteiger partial charge in [0.15, 0.2) is 11.0 Å². The summed E-state index contributed by atoms with van der Waals surface area (Å²) in [7, 11) is 0. The number of nitrogens with zero attached hydrogens (tertiary/aromatic N) is 1. The molecule has 0 fully saturated rings. The van der Waals surface area contributed by atoms with E-state index in [4.69, 9.17) is 34.8 Å². The predicted octanol–water partition coefficient (Wildman–Crippen LogP) is 3.55. The van der Waals surface area contributed by atoms with Gasteiger partial charge in [0.2, 0.25) is 0 Å². The Bertz CT molecular complexity index is 418. The zero-order valence-electron chi connectivity index (χ0n) is 7.72. The molecule has 15 heavy (non-hydrogen) atoms. The van der Waals surface area contributed by atoms with Gasteiger partial charge in [0.1, 0.15) is 0 Å². The second-order valence-electron chi connectivity index (χ2n) is 2.70. The molecule has 1 aromatic carbocycles. The minimum absolute atomic E-state index is 0.124. The number of carbonyl (C=O) groups is 1.